The van der Waals surface area contributed by atoms with Gasteiger partial charge < -0.3 is 10.1 Å². The summed E-state index contributed by atoms with van der Waals surface area (Å²) in [6, 6.07) is 2.16. The number of hydrogen-bond acceptors (Lipinski definition) is 6. The zero-order valence-electron chi connectivity index (χ0n) is 12.1. The molecule has 132 valence electrons. The Hall–Kier alpha value is -2.89. The maximum Gasteiger partial charge on any atom is 0.573 e. The SMILES string of the molecule is O=C1CC(NC(=O)Nc2nc3c(OC(F)(F)F)cccc3s2)C(=O)N1. The average molecular weight is 374 g/mol. The predicted molar refractivity (Wildman–Crippen MR) is 80.0 cm³/mol. The number of aromatic nitrogens is 1. The van der Waals surface area contributed by atoms with Gasteiger partial charge in [-0.05, 0) is 12.1 Å². The van der Waals surface area contributed by atoms with Crippen LogP contribution in [-0.4, -0.2) is 35.2 Å². The Balaban J connectivity index is 1.74. The molecule has 2 heterocycles. The monoisotopic (exact) mass is 374 g/mol. The third-order valence-corrected chi connectivity index (χ3v) is 4.04. The quantitative estimate of drug-likeness (QED) is 0.709. The van der Waals surface area contributed by atoms with E-state index in [-0.39, 0.29) is 17.1 Å². The zero-order valence-corrected chi connectivity index (χ0v) is 13.0. The number of fused-ring (bicyclic) bond motifs is 1. The van der Waals surface area contributed by atoms with Crippen molar-refractivity contribution in [3.05, 3.63) is 18.2 Å². The molecule has 4 amide bonds. The van der Waals surface area contributed by atoms with Crippen molar-refractivity contribution in [3.8, 4) is 5.75 Å². The fraction of sp³-hybridized carbons (Fsp3) is 0.231. The molecule has 1 unspecified atom stereocenters. The topological polar surface area (TPSA) is 109 Å². The first-order valence-electron chi connectivity index (χ1n) is 6.78. The molecule has 0 spiro atoms. The number of nitrogens with zero attached hydrogens (tertiary/aromatic N) is 1. The molecule has 3 N–H and O–H groups in total. The third kappa shape index (κ3) is 3.96. The summed E-state index contributed by atoms with van der Waals surface area (Å²) < 4.78 is 41.4. The zero-order chi connectivity index (χ0) is 18.2. The Morgan fingerprint density at radius 2 is 2.12 bits per heavy atom. The smallest absolute Gasteiger partial charge is 0.403 e. The number of halogens is 3. The molecule has 12 heteroatoms. The van der Waals surface area contributed by atoms with Gasteiger partial charge in [0.05, 0.1) is 11.1 Å². The number of amides is 4. The van der Waals surface area contributed by atoms with Crippen LogP contribution in [0.15, 0.2) is 18.2 Å². The van der Waals surface area contributed by atoms with Gasteiger partial charge in [-0.3, -0.25) is 20.2 Å². The lowest BCUT2D eigenvalue weighted by Crippen LogP contribution is -2.42. The van der Waals surface area contributed by atoms with Crippen LogP contribution in [0.2, 0.25) is 0 Å². The number of carbonyl (C=O) groups is 3. The summed E-state index contributed by atoms with van der Waals surface area (Å²) in [6.07, 6.45) is -5.05. The standard InChI is InChI=1S/C13H9F3N4O4S/c14-13(15,16)24-6-2-1-3-7-9(6)19-12(25-7)20-11(23)17-5-4-8(21)18-10(5)22/h1-3,5H,4H2,(H,18,21,22)(H2,17,19,20,23). The molecule has 1 aromatic heterocycles. The maximum atomic E-state index is 12.4. The highest BCUT2D eigenvalue weighted by Gasteiger charge is 2.33. The first-order valence-corrected chi connectivity index (χ1v) is 7.59. The number of urea groups is 1. The second kappa shape index (κ2) is 6.20. The number of ether oxygens (including phenoxy) is 1. The number of nitrogens with one attached hydrogen (secondary N) is 3. The highest BCUT2D eigenvalue weighted by atomic mass is 32.1. The number of benzene rings is 1. The van der Waals surface area contributed by atoms with Crippen molar-refractivity contribution >= 4 is 44.5 Å². The second-order valence-electron chi connectivity index (χ2n) is 4.94. The van der Waals surface area contributed by atoms with Crippen molar-refractivity contribution in [1.29, 1.82) is 0 Å². The van der Waals surface area contributed by atoms with Crippen molar-refractivity contribution in [2.45, 2.75) is 18.8 Å². The van der Waals surface area contributed by atoms with Crippen molar-refractivity contribution in [3.63, 3.8) is 0 Å². The van der Waals surface area contributed by atoms with Crippen LogP contribution in [0.25, 0.3) is 10.2 Å². The van der Waals surface area contributed by atoms with Gasteiger partial charge in [0.25, 0.3) is 0 Å². The van der Waals surface area contributed by atoms with E-state index in [4.69, 9.17) is 0 Å². The summed E-state index contributed by atoms with van der Waals surface area (Å²) in [5.74, 6) is -1.63. The van der Waals surface area contributed by atoms with Crippen LogP contribution in [-0.2, 0) is 9.59 Å². The second-order valence-corrected chi connectivity index (χ2v) is 5.97. The van der Waals surface area contributed by atoms with Gasteiger partial charge in [0.15, 0.2) is 10.9 Å². The Morgan fingerprint density at radius 1 is 1.36 bits per heavy atom. The molecule has 1 fully saturated rings. The van der Waals surface area contributed by atoms with Crippen LogP contribution >= 0.6 is 11.3 Å². The van der Waals surface area contributed by atoms with Gasteiger partial charge in [-0.25, -0.2) is 9.78 Å². The normalized spacial score (nSPS) is 17.5. The Morgan fingerprint density at radius 3 is 2.76 bits per heavy atom. The highest BCUT2D eigenvalue weighted by Crippen LogP contribution is 2.34. The molecule has 0 saturated carbocycles. The average Bonchev–Trinajstić information content (AvgIpc) is 3.01. The molecule has 25 heavy (non-hydrogen) atoms. The van der Waals surface area contributed by atoms with Crippen LogP contribution in [0.4, 0.5) is 23.1 Å². The van der Waals surface area contributed by atoms with Crippen molar-refractivity contribution in [1.82, 2.24) is 15.6 Å². The summed E-state index contributed by atoms with van der Waals surface area (Å²) in [5.41, 5.74) is -0.0612. The molecule has 2 aromatic rings. The van der Waals surface area contributed by atoms with Crippen LogP contribution in [0.5, 0.6) is 5.75 Å². The minimum absolute atomic E-state index is 0.00968. The first-order chi connectivity index (χ1) is 11.7. The number of imide groups is 1. The molecule has 1 atom stereocenters. The van der Waals surface area contributed by atoms with Gasteiger partial charge in [0, 0.05) is 0 Å². The lowest BCUT2D eigenvalue weighted by atomic mass is 10.2. The van der Waals surface area contributed by atoms with E-state index in [9.17, 15) is 27.6 Å². The van der Waals surface area contributed by atoms with E-state index in [1.165, 1.54) is 12.1 Å². The number of rotatable bonds is 3. The van der Waals surface area contributed by atoms with Crippen LogP contribution in [0.3, 0.4) is 0 Å². The van der Waals surface area contributed by atoms with Gasteiger partial charge >= 0.3 is 12.4 Å². The van der Waals surface area contributed by atoms with E-state index >= 15 is 0 Å². The summed E-state index contributed by atoms with van der Waals surface area (Å²) in [5, 5.41) is 6.63. The minimum Gasteiger partial charge on any atom is -0.403 e. The van der Waals surface area contributed by atoms with Gasteiger partial charge in [0.1, 0.15) is 11.6 Å². The molecule has 0 radical (unpaired) electrons. The molecule has 1 aliphatic rings. The number of anilines is 1. The largest absolute Gasteiger partial charge is 0.573 e. The third-order valence-electron chi connectivity index (χ3n) is 3.10. The van der Waals surface area contributed by atoms with Crippen molar-refractivity contribution in [2.24, 2.45) is 0 Å². The minimum atomic E-state index is -4.87. The molecular weight excluding hydrogens is 365 g/mol. The van der Waals surface area contributed by atoms with E-state index in [1.807, 2.05) is 5.32 Å². The van der Waals surface area contributed by atoms with Crippen LogP contribution in [0, 0.1) is 0 Å². The van der Waals surface area contributed by atoms with E-state index in [0.717, 1.165) is 17.4 Å². The van der Waals surface area contributed by atoms with Crippen LogP contribution in [0.1, 0.15) is 6.42 Å². The summed E-state index contributed by atoms with van der Waals surface area (Å²) in [7, 11) is 0. The summed E-state index contributed by atoms with van der Waals surface area (Å²) >= 11 is 0.927. The van der Waals surface area contributed by atoms with Gasteiger partial charge in [0.2, 0.25) is 11.8 Å². The van der Waals surface area contributed by atoms with Gasteiger partial charge in [-0.2, -0.15) is 0 Å². The summed E-state index contributed by atoms with van der Waals surface area (Å²) in [4.78, 5) is 38.2. The number of carbonyl (C=O) groups excluding carboxylic acids is 3. The molecule has 3 rings (SSSR count). The van der Waals surface area contributed by atoms with Crippen LogP contribution < -0.4 is 20.7 Å². The van der Waals surface area contributed by atoms with Crippen molar-refractivity contribution in [2.75, 3.05) is 5.32 Å². The van der Waals surface area contributed by atoms with E-state index in [2.05, 4.69) is 20.4 Å². The lowest BCUT2D eigenvalue weighted by molar-refractivity contribution is -0.274. The summed E-state index contributed by atoms with van der Waals surface area (Å²) in [6.45, 7) is 0. The number of hydrogen-bond donors (Lipinski definition) is 3. The van der Waals surface area contributed by atoms with Gasteiger partial charge in [-0.1, -0.05) is 17.4 Å². The molecule has 8 nitrogen and oxygen atoms in total. The predicted octanol–water partition coefficient (Wildman–Crippen LogP) is 1.73. The molecule has 1 aromatic carbocycles. The first kappa shape index (κ1) is 17.0. The van der Waals surface area contributed by atoms with Crippen molar-refractivity contribution < 1.29 is 32.3 Å². The Labute approximate surface area is 141 Å². The fourth-order valence-electron chi connectivity index (χ4n) is 2.15. The molecule has 0 aliphatic carbocycles. The van der Waals surface area contributed by atoms with Gasteiger partial charge in [-0.15, -0.1) is 13.2 Å². The molecule has 0 bridgehead atoms. The fourth-order valence-corrected chi connectivity index (χ4v) is 3.02. The lowest BCUT2D eigenvalue weighted by Gasteiger charge is -2.09. The van der Waals surface area contributed by atoms with E-state index in [1.54, 1.807) is 0 Å². The van der Waals surface area contributed by atoms with E-state index in [0.29, 0.717) is 4.70 Å². The maximum absolute atomic E-state index is 12.4. The Kier molecular flexibility index (Phi) is 4.20. The highest BCUT2D eigenvalue weighted by molar-refractivity contribution is 7.22. The number of para-hydroxylation sites is 1. The number of alkyl halides is 3. The molecular formula is C13H9F3N4O4S. The number of thiazole rings is 1. The van der Waals surface area contributed by atoms with E-state index < -0.39 is 36.0 Å². The molecule has 1 saturated heterocycles. The Bertz CT molecular complexity index is 867. The molecule has 1 aliphatic heterocycles.